The number of nitrogens with one attached hydrogen (secondary N) is 1. The lowest BCUT2D eigenvalue weighted by Crippen LogP contribution is -2.13. The summed E-state index contributed by atoms with van der Waals surface area (Å²) in [5.74, 6) is 0.0527. The number of nitrogens with two attached hydrogens (primary N) is 1. The molecule has 1 aromatic carbocycles. The fourth-order valence-corrected chi connectivity index (χ4v) is 1.52. The van der Waals surface area contributed by atoms with Crippen molar-refractivity contribution in [3.63, 3.8) is 0 Å². The molecule has 21 heavy (non-hydrogen) atoms. The lowest BCUT2D eigenvalue weighted by Gasteiger charge is -2.06. The summed E-state index contributed by atoms with van der Waals surface area (Å²) in [5.41, 5.74) is 5.27. The van der Waals surface area contributed by atoms with Gasteiger partial charge in [0, 0.05) is 6.20 Å². The monoisotopic (exact) mass is 289 g/mol. The van der Waals surface area contributed by atoms with Crippen LogP contribution in [-0.4, -0.2) is 27.8 Å². The Morgan fingerprint density at radius 1 is 1.43 bits per heavy atom. The second kappa shape index (κ2) is 5.82. The van der Waals surface area contributed by atoms with E-state index in [-0.39, 0.29) is 34.7 Å². The molecule has 0 spiro atoms. The Morgan fingerprint density at radius 3 is 2.81 bits per heavy atom. The predicted molar refractivity (Wildman–Crippen MR) is 72.8 cm³/mol. The maximum Gasteiger partial charge on any atom is 0.322 e. The van der Waals surface area contributed by atoms with E-state index < -0.39 is 4.92 Å². The van der Waals surface area contributed by atoms with Crippen molar-refractivity contribution in [1.29, 1.82) is 5.41 Å². The Labute approximate surface area is 119 Å². The first-order valence-electron chi connectivity index (χ1n) is 5.69. The molecule has 0 aliphatic rings. The number of hydrogen-bond donors (Lipinski definition) is 2. The Hall–Kier alpha value is -3.23. The van der Waals surface area contributed by atoms with E-state index in [0.29, 0.717) is 0 Å². The van der Waals surface area contributed by atoms with Gasteiger partial charge in [0.05, 0.1) is 18.1 Å². The van der Waals surface area contributed by atoms with Crippen molar-refractivity contribution in [2.75, 3.05) is 7.11 Å². The summed E-state index contributed by atoms with van der Waals surface area (Å²) in [5, 5.41) is 18.2. The van der Waals surface area contributed by atoms with Gasteiger partial charge in [0.25, 0.3) is 0 Å². The number of benzene rings is 1. The molecule has 2 aromatic rings. The summed E-state index contributed by atoms with van der Waals surface area (Å²) in [6.45, 7) is 0. The third kappa shape index (κ3) is 3.21. The van der Waals surface area contributed by atoms with Crippen LogP contribution < -0.4 is 15.2 Å². The molecule has 3 N–H and O–H groups in total. The van der Waals surface area contributed by atoms with Crippen LogP contribution in [-0.2, 0) is 0 Å². The maximum atomic E-state index is 10.9. The lowest BCUT2D eigenvalue weighted by atomic mass is 10.3. The lowest BCUT2D eigenvalue weighted by molar-refractivity contribution is -0.385. The molecule has 0 saturated carbocycles. The number of rotatable bonds is 5. The molecule has 0 fully saturated rings. The molecule has 0 amide bonds. The average Bonchev–Trinajstić information content (AvgIpc) is 2.47. The van der Waals surface area contributed by atoms with Gasteiger partial charge in [-0.2, -0.15) is 4.98 Å². The summed E-state index contributed by atoms with van der Waals surface area (Å²) in [4.78, 5) is 18.1. The van der Waals surface area contributed by atoms with E-state index in [1.54, 1.807) is 0 Å². The molecule has 108 valence electrons. The number of ether oxygens (including phenoxy) is 2. The van der Waals surface area contributed by atoms with Gasteiger partial charge in [-0.15, -0.1) is 0 Å². The number of nitrogen functional groups attached to an aromatic ring is 1. The van der Waals surface area contributed by atoms with Crippen LogP contribution >= 0.6 is 0 Å². The normalized spacial score (nSPS) is 9.95. The molecule has 0 radical (unpaired) electrons. The average molecular weight is 289 g/mol. The Bertz CT molecular complexity index is 704. The zero-order valence-corrected chi connectivity index (χ0v) is 10.9. The van der Waals surface area contributed by atoms with Crippen molar-refractivity contribution in [1.82, 2.24) is 9.97 Å². The van der Waals surface area contributed by atoms with Crippen molar-refractivity contribution in [2.24, 2.45) is 5.73 Å². The van der Waals surface area contributed by atoms with E-state index >= 15 is 0 Å². The van der Waals surface area contributed by atoms with E-state index in [9.17, 15) is 10.1 Å². The van der Waals surface area contributed by atoms with Crippen molar-refractivity contribution >= 4 is 11.5 Å². The van der Waals surface area contributed by atoms with Crippen molar-refractivity contribution in [3.8, 4) is 17.5 Å². The second-order valence-corrected chi connectivity index (χ2v) is 3.83. The Kier molecular flexibility index (Phi) is 3.93. The van der Waals surface area contributed by atoms with Crippen LogP contribution in [0.1, 0.15) is 5.69 Å². The third-order valence-electron chi connectivity index (χ3n) is 2.47. The molecule has 0 aliphatic heterocycles. The highest BCUT2D eigenvalue weighted by Crippen LogP contribution is 2.32. The third-order valence-corrected chi connectivity index (χ3v) is 2.47. The predicted octanol–water partition coefficient (Wildman–Crippen LogP) is 1.47. The standard InChI is InChI=1S/C12H11N5O4/c1-20-10-3-2-7(6-9(10)17(18)19)21-12-15-5-4-8(16-12)11(13)14/h2-6H,1H3,(H3,13,14). The van der Waals surface area contributed by atoms with Gasteiger partial charge in [-0.25, -0.2) is 4.98 Å². The summed E-state index contributed by atoms with van der Waals surface area (Å²) < 4.78 is 10.2. The van der Waals surface area contributed by atoms with Crippen LogP contribution in [0.2, 0.25) is 0 Å². The van der Waals surface area contributed by atoms with Gasteiger partial charge in [0.2, 0.25) is 0 Å². The summed E-state index contributed by atoms with van der Waals surface area (Å²) in [7, 11) is 1.34. The van der Waals surface area contributed by atoms with Crippen LogP contribution in [0.15, 0.2) is 30.5 Å². The maximum absolute atomic E-state index is 10.9. The first-order valence-corrected chi connectivity index (χ1v) is 5.69. The molecule has 2 rings (SSSR count). The fraction of sp³-hybridized carbons (Fsp3) is 0.0833. The minimum absolute atomic E-state index is 0.0674. The summed E-state index contributed by atoms with van der Waals surface area (Å²) >= 11 is 0. The van der Waals surface area contributed by atoms with E-state index in [0.717, 1.165) is 0 Å². The molecule has 0 unspecified atom stereocenters. The minimum atomic E-state index is -0.585. The number of hydrogen-bond acceptors (Lipinski definition) is 7. The van der Waals surface area contributed by atoms with Crippen molar-refractivity contribution in [2.45, 2.75) is 0 Å². The molecule has 0 bridgehead atoms. The van der Waals surface area contributed by atoms with E-state index in [4.69, 9.17) is 20.6 Å². The van der Waals surface area contributed by atoms with Gasteiger partial charge in [-0.05, 0) is 18.2 Å². The van der Waals surface area contributed by atoms with Gasteiger partial charge in [-0.1, -0.05) is 0 Å². The topological polar surface area (TPSA) is 137 Å². The van der Waals surface area contributed by atoms with Gasteiger partial charge < -0.3 is 15.2 Å². The molecule has 0 saturated heterocycles. The molecule has 0 aliphatic carbocycles. The van der Waals surface area contributed by atoms with Crippen LogP contribution in [0.25, 0.3) is 0 Å². The van der Waals surface area contributed by atoms with Gasteiger partial charge in [-0.3, -0.25) is 15.5 Å². The first-order chi connectivity index (χ1) is 10.0. The molecule has 9 heteroatoms. The van der Waals surface area contributed by atoms with Gasteiger partial charge >= 0.3 is 11.7 Å². The van der Waals surface area contributed by atoms with E-state index in [1.807, 2.05) is 0 Å². The Balaban J connectivity index is 2.31. The Morgan fingerprint density at radius 2 is 2.19 bits per heavy atom. The zero-order valence-electron chi connectivity index (χ0n) is 10.9. The highest BCUT2D eigenvalue weighted by atomic mass is 16.6. The molecule has 1 heterocycles. The van der Waals surface area contributed by atoms with Crippen LogP contribution in [0.4, 0.5) is 5.69 Å². The van der Waals surface area contributed by atoms with Crippen molar-refractivity contribution in [3.05, 3.63) is 46.3 Å². The van der Waals surface area contributed by atoms with Gasteiger partial charge in [0.1, 0.15) is 17.3 Å². The van der Waals surface area contributed by atoms with Crippen molar-refractivity contribution < 1.29 is 14.4 Å². The SMILES string of the molecule is COc1ccc(Oc2nccc(C(=N)N)n2)cc1[N+](=O)[O-]. The fourth-order valence-electron chi connectivity index (χ4n) is 1.52. The molecular formula is C12H11N5O4. The highest BCUT2D eigenvalue weighted by Gasteiger charge is 2.16. The highest BCUT2D eigenvalue weighted by molar-refractivity contribution is 5.92. The van der Waals surface area contributed by atoms with E-state index in [2.05, 4.69) is 9.97 Å². The summed E-state index contributed by atoms with van der Waals surface area (Å²) in [6, 6.07) is 5.47. The summed E-state index contributed by atoms with van der Waals surface area (Å²) in [6.07, 6.45) is 1.37. The number of nitro groups is 1. The number of methoxy groups -OCH3 is 1. The largest absolute Gasteiger partial charge is 0.490 e. The van der Waals surface area contributed by atoms with Crippen LogP contribution in [0.3, 0.4) is 0 Å². The molecule has 1 aromatic heterocycles. The minimum Gasteiger partial charge on any atom is -0.490 e. The first kappa shape index (κ1) is 14.2. The number of nitrogens with zero attached hydrogens (tertiary/aromatic N) is 3. The van der Waals surface area contributed by atoms with Crippen LogP contribution in [0, 0.1) is 15.5 Å². The number of amidine groups is 1. The zero-order chi connectivity index (χ0) is 15.4. The second-order valence-electron chi connectivity index (χ2n) is 3.83. The number of aromatic nitrogens is 2. The quantitative estimate of drug-likeness (QED) is 0.368. The molecule has 9 nitrogen and oxygen atoms in total. The smallest absolute Gasteiger partial charge is 0.322 e. The number of nitro benzene ring substituents is 1. The molecule has 0 atom stereocenters. The van der Waals surface area contributed by atoms with E-state index in [1.165, 1.54) is 37.6 Å². The van der Waals surface area contributed by atoms with Crippen LogP contribution in [0.5, 0.6) is 17.5 Å². The molecular weight excluding hydrogens is 278 g/mol. The van der Waals surface area contributed by atoms with Gasteiger partial charge in [0.15, 0.2) is 5.75 Å².